The molecular weight excluding hydrogens is 492 g/mol. The summed E-state index contributed by atoms with van der Waals surface area (Å²) in [6, 6.07) is 20.9. The van der Waals surface area contributed by atoms with Gasteiger partial charge in [-0.25, -0.2) is 4.79 Å². The minimum absolute atomic E-state index is 0.0855. The standard InChI is InChI=1S/C28H27ClN4O4/c1-3-37-27(35)28(36,20-12-13-21(22(29)15-20)19-9-5-4-6-10-19)17-18(2)31-26(34)25-16-24(32-33-25)23-11-7-8-14-30-23/h4-16,18,36H,3,17H2,1-2H3,(H,31,34)(H,32,33). The number of pyridine rings is 1. The zero-order valence-corrected chi connectivity index (χ0v) is 21.2. The fourth-order valence-corrected chi connectivity index (χ4v) is 4.36. The summed E-state index contributed by atoms with van der Waals surface area (Å²) < 4.78 is 5.19. The minimum Gasteiger partial charge on any atom is -0.464 e. The van der Waals surface area contributed by atoms with Gasteiger partial charge in [0.2, 0.25) is 0 Å². The lowest BCUT2D eigenvalue weighted by molar-refractivity contribution is -0.167. The molecule has 37 heavy (non-hydrogen) atoms. The van der Waals surface area contributed by atoms with Crippen molar-refractivity contribution >= 4 is 23.5 Å². The first kappa shape index (κ1) is 26.1. The molecule has 0 aliphatic heterocycles. The summed E-state index contributed by atoms with van der Waals surface area (Å²) in [7, 11) is 0. The molecule has 8 nitrogen and oxygen atoms in total. The summed E-state index contributed by atoms with van der Waals surface area (Å²) >= 11 is 6.56. The lowest BCUT2D eigenvalue weighted by Gasteiger charge is -2.29. The van der Waals surface area contributed by atoms with E-state index in [9.17, 15) is 14.7 Å². The highest BCUT2D eigenvalue weighted by Gasteiger charge is 2.41. The number of nitrogens with zero attached hydrogens (tertiary/aromatic N) is 2. The molecule has 9 heteroatoms. The highest BCUT2D eigenvalue weighted by atomic mass is 35.5. The summed E-state index contributed by atoms with van der Waals surface area (Å²) in [5.41, 5.74) is 1.28. The van der Waals surface area contributed by atoms with Crippen molar-refractivity contribution in [1.29, 1.82) is 0 Å². The van der Waals surface area contributed by atoms with Crippen LogP contribution in [0.15, 0.2) is 79.0 Å². The molecule has 2 atom stereocenters. The molecule has 0 radical (unpaired) electrons. The van der Waals surface area contributed by atoms with E-state index >= 15 is 0 Å². The average Bonchev–Trinajstić information content (AvgIpc) is 3.40. The molecule has 190 valence electrons. The first-order valence-electron chi connectivity index (χ1n) is 11.8. The molecular formula is C28H27ClN4O4. The van der Waals surface area contributed by atoms with Gasteiger partial charge in [0, 0.05) is 29.2 Å². The predicted molar refractivity (Wildman–Crippen MR) is 141 cm³/mol. The molecule has 0 aliphatic carbocycles. The van der Waals surface area contributed by atoms with E-state index in [-0.39, 0.29) is 24.3 Å². The molecule has 2 heterocycles. The quantitative estimate of drug-likeness (QED) is 0.275. The van der Waals surface area contributed by atoms with Gasteiger partial charge >= 0.3 is 5.97 Å². The summed E-state index contributed by atoms with van der Waals surface area (Å²) in [6.45, 7) is 3.44. The number of nitrogens with one attached hydrogen (secondary N) is 2. The number of hydrogen-bond acceptors (Lipinski definition) is 6. The summed E-state index contributed by atoms with van der Waals surface area (Å²) in [5.74, 6) is -1.26. The van der Waals surface area contributed by atoms with Gasteiger partial charge in [-0.15, -0.1) is 0 Å². The molecule has 4 rings (SSSR count). The number of esters is 1. The van der Waals surface area contributed by atoms with Gasteiger partial charge < -0.3 is 15.2 Å². The molecule has 4 aromatic rings. The molecule has 2 aromatic carbocycles. The third-order valence-corrected chi connectivity index (χ3v) is 6.19. The van der Waals surface area contributed by atoms with E-state index in [0.717, 1.165) is 11.1 Å². The zero-order valence-electron chi connectivity index (χ0n) is 20.4. The van der Waals surface area contributed by atoms with Crippen LogP contribution in [-0.4, -0.2) is 44.8 Å². The van der Waals surface area contributed by atoms with Crippen LogP contribution in [0, 0.1) is 0 Å². The van der Waals surface area contributed by atoms with Crippen molar-refractivity contribution < 1.29 is 19.4 Å². The Morgan fingerprint density at radius 1 is 1.08 bits per heavy atom. The van der Waals surface area contributed by atoms with Crippen LogP contribution in [0.1, 0.15) is 36.3 Å². The Balaban J connectivity index is 1.54. The fraction of sp³-hybridized carbons (Fsp3) is 0.214. The highest BCUT2D eigenvalue weighted by molar-refractivity contribution is 6.33. The SMILES string of the molecule is CCOC(=O)C(O)(CC(C)NC(=O)c1cc(-c2ccccn2)n[nH]1)c1ccc(-c2ccccc2)c(Cl)c1. The second kappa shape index (κ2) is 11.4. The van der Waals surface area contributed by atoms with Crippen LogP contribution >= 0.6 is 11.6 Å². The number of benzene rings is 2. The van der Waals surface area contributed by atoms with Crippen molar-refractivity contribution in [3.63, 3.8) is 0 Å². The maximum atomic E-state index is 12.9. The van der Waals surface area contributed by atoms with Crippen molar-refractivity contribution in [1.82, 2.24) is 20.5 Å². The molecule has 0 saturated carbocycles. The first-order valence-corrected chi connectivity index (χ1v) is 12.2. The maximum absolute atomic E-state index is 12.9. The molecule has 0 bridgehead atoms. The van der Waals surface area contributed by atoms with E-state index in [2.05, 4.69) is 20.5 Å². The molecule has 3 N–H and O–H groups in total. The first-order chi connectivity index (χ1) is 17.8. The highest BCUT2D eigenvalue weighted by Crippen LogP contribution is 2.35. The third kappa shape index (κ3) is 5.87. The van der Waals surface area contributed by atoms with E-state index in [4.69, 9.17) is 16.3 Å². The number of amides is 1. The average molecular weight is 519 g/mol. The number of carbonyl (C=O) groups excluding carboxylic acids is 2. The minimum atomic E-state index is -2.03. The van der Waals surface area contributed by atoms with Crippen molar-refractivity contribution in [3.8, 4) is 22.5 Å². The Kier molecular flexibility index (Phi) is 8.01. The Hall–Kier alpha value is -4.01. The molecule has 1 amide bonds. The van der Waals surface area contributed by atoms with Crippen LogP contribution < -0.4 is 5.32 Å². The maximum Gasteiger partial charge on any atom is 0.342 e. The second-order valence-electron chi connectivity index (χ2n) is 8.60. The molecule has 0 aliphatic rings. The second-order valence-corrected chi connectivity index (χ2v) is 9.01. The number of ether oxygens (including phenoxy) is 1. The van der Waals surface area contributed by atoms with Crippen LogP contribution in [0.3, 0.4) is 0 Å². The van der Waals surface area contributed by atoms with E-state index in [0.29, 0.717) is 16.4 Å². The molecule has 0 spiro atoms. The van der Waals surface area contributed by atoms with Gasteiger partial charge in [0.15, 0.2) is 5.60 Å². The predicted octanol–water partition coefficient (Wildman–Crippen LogP) is 4.75. The van der Waals surface area contributed by atoms with Gasteiger partial charge in [0.25, 0.3) is 5.91 Å². The monoisotopic (exact) mass is 518 g/mol. The van der Waals surface area contributed by atoms with Crippen LogP contribution in [0.5, 0.6) is 0 Å². The fourth-order valence-electron chi connectivity index (χ4n) is 4.07. The van der Waals surface area contributed by atoms with Gasteiger partial charge in [0.05, 0.1) is 12.3 Å². The lowest BCUT2D eigenvalue weighted by atomic mass is 9.86. The number of aromatic amines is 1. The zero-order chi connectivity index (χ0) is 26.4. The topological polar surface area (TPSA) is 117 Å². The van der Waals surface area contributed by atoms with Crippen molar-refractivity contribution in [2.75, 3.05) is 6.61 Å². The smallest absolute Gasteiger partial charge is 0.342 e. The van der Waals surface area contributed by atoms with Gasteiger partial charge in [0.1, 0.15) is 11.4 Å². The lowest BCUT2D eigenvalue weighted by Crippen LogP contribution is -2.45. The van der Waals surface area contributed by atoms with Crippen molar-refractivity contribution in [2.24, 2.45) is 0 Å². The van der Waals surface area contributed by atoms with E-state index in [1.807, 2.05) is 36.4 Å². The van der Waals surface area contributed by atoms with Crippen LogP contribution in [0.4, 0.5) is 0 Å². The number of hydrogen-bond donors (Lipinski definition) is 3. The number of aromatic nitrogens is 3. The Labute approximate surface area is 219 Å². The largest absolute Gasteiger partial charge is 0.464 e. The summed E-state index contributed by atoms with van der Waals surface area (Å²) in [5, 5.41) is 21.6. The Morgan fingerprint density at radius 3 is 2.51 bits per heavy atom. The van der Waals surface area contributed by atoms with Gasteiger partial charge in [-0.2, -0.15) is 5.10 Å². The van der Waals surface area contributed by atoms with Crippen LogP contribution in [-0.2, 0) is 15.1 Å². The molecule has 2 unspecified atom stereocenters. The van der Waals surface area contributed by atoms with Crippen LogP contribution in [0.2, 0.25) is 5.02 Å². The summed E-state index contributed by atoms with van der Waals surface area (Å²) in [6.07, 6.45) is 1.50. The van der Waals surface area contributed by atoms with Crippen LogP contribution in [0.25, 0.3) is 22.5 Å². The number of rotatable bonds is 9. The molecule has 2 aromatic heterocycles. The summed E-state index contributed by atoms with van der Waals surface area (Å²) in [4.78, 5) is 30.0. The Bertz CT molecular complexity index is 1380. The number of carbonyl (C=O) groups is 2. The Morgan fingerprint density at radius 2 is 1.84 bits per heavy atom. The van der Waals surface area contributed by atoms with E-state index < -0.39 is 23.5 Å². The molecule has 0 fully saturated rings. The van der Waals surface area contributed by atoms with Gasteiger partial charge in [-0.05, 0) is 49.2 Å². The number of halogens is 1. The van der Waals surface area contributed by atoms with E-state index in [1.165, 1.54) is 0 Å². The van der Waals surface area contributed by atoms with Gasteiger partial charge in [-0.3, -0.25) is 14.9 Å². The normalized spacial score (nSPS) is 13.4. The van der Waals surface area contributed by atoms with Gasteiger partial charge in [-0.1, -0.05) is 60.1 Å². The van der Waals surface area contributed by atoms with Crippen molar-refractivity contribution in [3.05, 3.63) is 95.3 Å². The van der Waals surface area contributed by atoms with E-state index in [1.54, 1.807) is 56.4 Å². The molecule has 0 saturated heterocycles. The van der Waals surface area contributed by atoms with Crippen molar-refractivity contribution in [2.45, 2.75) is 31.9 Å². The number of aliphatic hydroxyl groups is 1. The number of H-pyrrole nitrogens is 1. The third-order valence-electron chi connectivity index (χ3n) is 5.87.